The van der Waals surface area contributed by atoms with Crippen LogP contribution >= 0.6 is 11.8 Å². The highest BCUT2D eigenvalue weighted by Crippen LogP contribution is 2.37. The van der Waals surface area contributed by atoms with E-state index in [-0.39, 0.29) is 6.10 Å². The average Bonchev–Trinajstić information content (AvgIpc) is 2.61. The van der Waals surface area contributed by atoms with Gasteiger partial charge in [0.1, 0.15) is 0 Å². The minimum atomic E-state index is -0.230. The Morgan fingerprint density at radius 1 is 1.44 bits per heavy atom. The van der Waals surface area contributed by atoms with Crippen LogP contribution in [0.5, 0.6) is 0 Å². The number of thioether (sulfide) groups is 1. The molecular weight excluding hydrogens is 218 g/mol. The molecule has 0 bridgehead atoms. The molecule has 0 saturated heterocycles. The van der Waals surface area contributed by atoms with Crippen LogP contribution in [0.25, 0.3) is 0 Å². The van der Waals surface area contributed by atoms with Gasteiger partial charge in [0.2, 0.25) is 0 Å². The highest BCUT2D eigenvalue weighted by Gasteiger charge is 2.23. The molecule has 3 unspecified atom stereocenters. The summed E-state index contributed by atoms with van der Waals surface area (Å²) in [6.07, 6.45) is 0.579. The summed E-state index contributed by atoms with van der Waals surface area (Å²) in [5, 5.41) is 12.9. The summed E-state index contributed by atoms with van der Waals surface area (Å²) in [6, 6.07) is 9.36. The van der Waals surface area contributed by atoms with Crippen molar-refractivity contribution in [2.24, 2.45) is 0 Å². The van der Waals surface area contributed by atoms with Gasteiger partial charge in [-0.1, -0.05) is 18.2 Å². The van der Waals surface area contributed by atoms with E-state index < -0.39 is 0 Å². The molecule has 3 atom stereocenters. The van der Waals surface area contributed by atoms with Crippen LogP contribution in [0.3, 0.4) is 0 Å². The van der Waals surface area contributed by atoms with Crippen molar-refractivity contribution in [2.75, 3.05) is 5.75 Å². The van der Waals surface area contributed by atoms with Gasteiger partial charge in [0.15, 0.2) is 0 Å². The first-order valence-electron chi connectivity index (χ1n) is 5.82. The first-order chi connectivity index (χ1) is 7.66. The molecule has 0 amide bonds. The van der Waals surface area contributed by atoms with Gasteiger partial charge in [-0.15, -0.1) is 11.8 Å². The molecule has 1 aromatic carbocycles. The average molecular weight is 237 g/mol. The highest BCUT2D eigenvalue weighted by atomic mass is 32.2. The van der Waals surface area contributed by atoms with E-state index in [0.29, 0.717) is 12.1 Å². The Morgan fingerprint density at radius 2 is 2.19 bits per heavy atom. The second kappa shape index (κ2) is 5.21. The fourth-order valence-corrected chi connectivity index (χ4v) is 3.40. The van der Waals surface area contributed by atoms with Crippen molar-refractivity contribution in [3.8, 4) is 0 Å². The number of fused-ring (bicyclic) bond motifs is 1. The fraction of sp³-hybridized carbons (Fsp3) is 0.538. The number of nitrogens with one attached hydrogen (secondary N) is 1. The van der Waals surface area contributed by atoms with Crippen LogP contribution < -0.4 is 5.32 Å². The zero-order chi connectivity index (χ0) is 11.5. The maximum atomic E-state index is 9.35. The number of rotatable bonds is 4. The maximum Gasteiger partial charge on any atom is 0.0526 e. The number of benzene rings is 1. The maximum absolute atomic E-state index is 9.35. The van der Waals surface area contributed by atoms with Crippen molar-refractivity contribution in [2.45, 2.75) is 43.4 Å². The molecule has 0 aromatic heterocycles. The standard InChI is InChI=1S/C13H19NOS/c1-9(7-10(2)15)14-12-8-16-13-6-4-3-5-11(12)13/h3-6,9-10,12,14-15H,7-8H2,1-2H3. The lowest BCUT2D eigenvalue weighted by atomic mass is 10.1. The van der Waals surface area contributed by atoms with E-state index in [2.05, 4.69) is 36.5 Å². The molecule has 3 heteroatoms. The molecule has 2 rings (SSSR count). The van der Waals surface area contributed by atoms with Crippen LogP contribution in [0.4, 0.5) is 0 Å². The second-order valence-corrected chi connectivity index (χ2v) is 5.62. The van der Waals surface area contributed by atoms with Gasteiger partial charge in [-0.25, -0.2) is 0 Å². The summed E-state index contributed by atoms with van der Waals surface area (Å²) >= 11 is 1.91. The number of aliphatic hydroxyl groups excluding tert-OH is 1. The molecule has 2 nitrogen and oxygen atoms in total. The van der Waals surface area contributed by atoms with Crippen LogP contribution in [0.2, 0.25) is 0 Å². The van der Waals surface area contributed by atoms with E-state index in [0.717, 1.165) is 12.2 Å². The van der Waals surface area contributed by atoms with Gasteiger partial charge in [-0.05, 0) is 31.9 Å². The van der Waals surface area contributed by atoms with Crippen molar-refractivity contribution < 1.29 is 5.11 Å². The van der Waals surface area contributed by atoms with E-state index in [1.54, 1.807) is 0 Å². The molecule has 0 fully saturated rings. The van der Waals surface area contributed by atoms with Crippen molar-refractivity contribution in [3.05, 3.63) is 29.8 Å². The highest BCUT2D eigenvalue weighted by molar-refractivity contribution is 7.99. The predicted molar refractivity (Wildman–Crippen MR) is 68.8 cm³/mol. The lowest BCUT2D eigenvalue weighted by molar-refractivity contribution is 0.168. The summed E-state index contributed by atoms with van der Waals surface area (Å²) in [5.41, 5.74) is 1.41. The molecule has 0 saturated carbocycles. The van der Waals surface area contributed by atoms with Crippen molar-refractivity contribution in [3.63, 3.8) is 0 Å². The van der Waals surface area contributed by atoms with Crippen molar-refractivity contribution in [1.29, 1.82) is 0 Å². The Kier molecular flexibility index (Phi) is 3.90. The first-order valence-corrected chi connectivity index (χ1v) is 6.81. The monoisotopic (exact) mass is 237 g/mol. The van der Waals surface area contributed by atoms with E-state index in [4.69, 9.17) is 0 Å². The first kappa shape index (κ1) is 12.0. The van der Waals surface area contributed by atoms with Crippen LogP contribution in [-0.4, -0.2) is 23.0 Å². The zero-order valence-corrected chi connectivity index (χ0v) is 10.6. The van der Waals surface area contributed by atoms with Gasteiger partial charge >= 0.3 is 0 Å². The topological polar surface area (TPSA) is 32.3 Å². The lowest BCUT2D eigenvalue weighted by Gasteiger charge is -2.20. The van der Waals surface area contributed by atoms with Crippen LogP contribution in [0.1, 0.15) is 31.9 Å². The van der Waals surface area contributed by atoms with E-state index in [1.165, 1.54) is 10.5 Å². The van der Waals surface area contributed by atoms with Gasteiger partial charge in [-0.2, -0.15) is 0 Å². The number of aliphatic hydroxyl groups is 1. The minimum absolute atomic E-state index is 0.230. The van der Waals surface area contributed by atoms with E-state index in [9.17, 15) is 5.11 Å². The summed E-state index contributed by atoms with van der Waals surface area (Å²) in [4.78, 5) is 1.39. The van der Waals surface area contributed by atoms with E-state index >= 15 is 0 Å². The molecule has 1 aliphatic rings. The molecular formula is C13H19NOS. The third-order valence-electron chi connectivity index (χ3n) is 2.88. The Hall–Kier alpha value is -0.510. The Balaban J connectivity index is 1.98. The van der Waals surface area contributed by atoms with E-state index in [1.807, 2.05) is 18.7 Å². The molecule has 1 aliphatic heterocycles. The zero-order valence-electron chi connectivity index (χ0n) is 9.81. The van der Waals surface area contributed by atoms with Crippen molar-refractivity contribution in [1.82, 2.24) is 5.32 Å². The number of hydrogen-bond donors (Lipinski definition) is 2. The third-order valence-corrected chi connectivity index (χ3v) is 4.06. The number of hydrogen-bond acceptors (Lipinski definition) is 3. The molecule has 2 N–H and O–H groups in total. The van der Waals surface area contributed by atoms with Crippen LogP contribution in [0.15, 0.2) is 29.2 Å². The molecule has 1 heterocycles. The van der Waals surface area contributed by atoms with Crippen LogP contribution in [-0.2, 0) is 0 Å². The molecule has 1 aromatic rings. The second-order valence-electron chi connectivity index (χ2n) is 4.55. The largest absolute Gasteiger partial charge is 0.393 e. The molecule has 0 aliphatic carbocycles. The summed E-state index contributed by atoms with van der Waals surface area (Å²) < 4.78 is 0. The third kappa shape index (κ3) is 2.78. The molecule has 16 heavy (non-hydrogen) atoms. The van der Waals surface area contributed by atoms with Gasteiger partial charge in [0.25, 0.3) is 0 Å². The Bertz CT molecular complexity index is 354. The lowest BCUT2D eigenvalue weighted by Crippen LogP contribution is -2.32. The summed E-state index contributed by atoms with van der Waals surface area (Å²) in [7, 11) is 0. The summed E-state index contributed by atoms with van der Waals surface area (Å²) in [5.74, 6) is 1.10. The Labute approximate surface area is 101 Å². The smallest absolute Gasteiger partial charge is 0.0526 e. The fourth-order valence-electron chi connectivity index (χ4n) is 2.22. The van der Waals surface area contributed by atoms with Crippen LogP contribution in [0, 0.1) is 0 Å². The molecule has 0 radical (unpaired) electrons. The quantitative estimate of drug-likeness (QED) is 0.844. The Morgan fingerprint density at radius 3 is 2.94 bits per heavy atom. The minimum Gasteiger partial charge on any atom is -0.393 e. The van der Waals surface area contributed by atoms with Gasteiger partial charge in [0, 0.05) is 22.7 Å². The van der Waals surface area contributed by atoms with Crippen molar-refractivity contribution >= 4 is 11.8 Å². The SMILES string of the molecule is CC(O)CC(C)NC1CSc2ccccc21. The normalized spacial score (nSPS) is 22.8. The van der Waals surface area contributed by atoms with Gasteiger partial charge in [-0.3, -0.25) is 0 Å². The van der Waals surface area contributed by atoms with Gasteiger partial charge in [0.05, 0.1) is 6.10 Å². The molecule has 88 valence electrons. The predicted octanol–water partition coefficient (Wildman–Crippen LogP) is 2.58. The van der Waals surface area contributed by atoms with Gasteiger partial charge < -0.3 is 10.4 Å². The summed E-state index contributed by atoms with van der Waals surface area (Å²) in [6.45, 7) is 3.98. The molecule has 0 spiro atoms.